The number of nitrogens with zero attached hydrogens (tertiary/aromatic N) is 4. The Kier molecular flexibility index (Phi) is 6.22. The minimum Gasteiger partial charge on any atom is -0.326 e. The summed E-state index contributed by atoms with van der Waals surface area (Å²) in [6.07, 6.45) is 5.25. The number of carbonyl (C=O) groups excluding carboxylic acids is 2. The van der Waals surface area contributed by atoms with E-state index in [9.17, 15) is 28.4 Å². The number of pyridine rings is 2. The van der Waals surface area contributed by atoms with Crippen LogP contribution in [0.4, 0.5) is 14.6 Å². The number of likely N-dealkylation sites (tertiary alicyclic amines) is 1. The van der Waals surface area contributed by atoms with Crippen molar-refractivity contribution in [3.05, 3.63) is 80.9 Å². The van der Waals surface area contributed by atoms with Crippen LogP contribution in [0.25, 0.3) is 11.1 Å². The number of carbonyl (C=O) groups is 2. The zero-order valence-electron chi connectivity index (χ0n) is 21.5. The molecule has 3 aromatic rings. The number of nitriles is 1. The number of hydrogen-bond acceptors (Lipinski definition) is 6. The van der Waals surface area contributed by atoms with Gasteiger partial charge < -0.3 is 20.5 Å². The highest BCUT2D eigenvalue weighted by atomic mass is 19.3. The number of alkyl halides is 2. The Morgan fingerprint density at radius 1 is 1.10 bits per heavy atom. The van der Waals surface area contributed by atoms with Gasteiger partial charge in [-0.15, -0.1) is 0 Å². The Morgan fingerprint density at radius 2 is 1.85 bits per heavy atom. The molecule has 204 valence electrons. The maximum atomic E-state index is 13.5. The van der Waals surface area contributed by atoms with E-state index in [1.165, 1.54) is 12.1 Å². The van der Waals surface area contributed by atoms with Crippen molar-refractivity contribution in [3.8, 4) is 17.2 Å². The van der Waals surface area contributed by atoms with E-state index in [4.69, 9.17) is 5.73 Å². The lowest BCUT2D eigenvalue weighted by Crippen LogP contribution is -2.58. The molecule has 0 spiro atoms. The second-order valence-corrected chi connectivity index (χ2v) is 10.7. The molecule has 9 nitrogen and oxygen atoms in total. The van der Waals surface area contributed by atoms with Crippen LogP contribution in [0.15, 0.2) is 47.4 Å². The molecule has 2 aromatic heterocycles. The van der Waals surface area contributed by atoms with Crippen molar-refractivity contribution in [1.29, 1.82) is 5.26 Å². The Bertz CT molecular complexity index is 1640. The molecule has 6 rings (SSSR count). The molecular formula is C29H26F2N6O3. The van der Waals surface area contributed by atoms with E-state index in [0.717, 1.165) is 30.6 Å². The lowest BCUT2D eigenvalue weighted by molar-refractivity contribution is -0.113. The third-order valence-corrected chi connectivity index (χ3v) is 7.42. The molecule has 3 N–H and O–H groups in total. The summed E-state index contributed by atoms with van der Waals surface area (Å²) < 4.78 is 28.6. The summed E-state index contributed by atoms with van der Waals surface area (Å²) in [6, 6.07) is 11.5. The van der Waals surface area contributed by atoms with Crippen molar-refractivity contribution in [2.75, 3.05) is 18.4 Å². The Morgan fingerprint density at radius 3 is 2.48 bits per heavy atom. The van der Waals surface area contributed by atoms with E-state index in [0.29, 0.717) is 22.4 Å². The molecule has 11 heteroatoms. The molecule has 1 aliphatic heterocycles. The number of anilines is 1. The zero-order chi connectivity index (χ0) is 28.2. The fraction of sp³-hybridized carbons (Fsp3) is 0.345. The third-order valence-electron chi connectivity index (χ3n) is 7.42. The number of aromatic nitrogens is 2. The minimum absolute atomic E-state index is 0.0389. The molecule has 40 heavy (non-hydrogen) atoms. The largest absolute Gasteiger partial charge is 0.326 e. The maximum Gasteiger partial charge on any atom is 0.282 e. The second kappa shape index (κ2) is 9.64. The fourth-order valence-electron chi connectivity index (χ4n) is 4.97. The lowest BCUT2D eigenvalue weighted by atomic mass is 9.95. The topological polar surface area (TPSA) is 134 Å². The molecule has 1 aromatic carbocycles. The number of halogens is 2. The molecule has 0 radical (unpaired) electrons. The number of rotatable bonds is 7. The summed E-state index contributed by atoms with van der Waals surface area (Å²) in [5, 5.41) is 12.2. The molecule has 2 saturated carbocycles. The van der Waals surface area contributed by atoms with E-state index in [-0.39, 0.29) is 41.0 Å². The molecule has 0 atom stereocenters. The van der Waals surface area contributed by atoms with Crippen molar-refractivity contribution < 1.29 is 18.4 Å². The van der Waals surface area contributed by atoms with Gasteiger partial charge in [0, 0.05) is 36.0 Å². The van der Waals surface area contributed by atoms with Gasteiger partial charge in [0.25, 0.3) is 23.3 Å². The molecule has 3 heterocycles. The fourth-order valence-corrected chi connectivity index (χ4v) is 4.97. The van der Waals surface area contributed by atoms with Gasteiger partial charge in [0.15, 0.2) is 0 Å². The van der Waals surface area contributed by atoms with Crippen molar-refractivity contribution in [2.45, 2.75) is 50.1 Å². The van der Waals surface area contributed by atoms with Crippen LogP contribution in [0, 0.1) is 11.3 Å². The second-order valence-electron chi connectivity index (χ2n) is 10.7. The van der Waals surface area contributed by atoms with Gasteiger partial charge in [-0.1, -0.05) is 6.07 Å². The Balaban J connectivity index is 1.38. The molecule has 2 amide bonds. The van der Waals surface area contributed by atoms with Crippen LogP contribution in [0.5, 0.6) is 0 Å². The van der Waals surface area contributed by atoms with E-state index < -0.39 is 36.4 Å². The average molecular weight is 545 g/mol. The molecule has 0 unspecified atom stereocenters. The highest BCUT2D eigenvalue weighted by Crippen LogP contribution is 2.42. The zero-order valence-corrected chi connectivity index (χ0v) is 21.5. The summed E-state index contributed by atoms with van der Waals surface area (Å²) in [5.74, 6) is -3.80. The van der Waals surface area contributed by atoms with Gasteiger partial charge in [0.05, 0.1) is 24.7 Å². The Hall–Kier alpha value is -4.43. The van der Waals surface area contributed by atoms with E-state index in [2.05, 4.69) is 10.3 Å². The van der Waals surface area contributed by atoms with Crippen molar-refractivity contribution in [1.82, 2.24) is 14.5 Å². The minimum atomic E-state index is -2.94. The molecular weight excluding hydrogens is 518 g/mol. The van der Waals surface area contributed by atoms with Gasteiger partial charge in [-0.25, -0.2) is 13.8 Å². The first-order valence-electron chi connectivity index (χ1n) is 13.2. The third kappa shape index (κ3) is 4.98. The molecule has 0 bridgehead atoms. The van der Waals surface area contributed by atoms with Gasteiger partial charge in [-0.2, -0.15) is 5.26 Å². The van der Waals surface area contributed by atoms with Gasteiger partial charge in [-0.05, 0) is 72.7 Å². The van der Waals surface area contributed by atoms with Crippen molar-refractivity contribution in [3.63, 3.8) is 0 Å². The number of hydrogen-bond donors (Lipinski definition) is 2. The van der Waals surface area contributed by atoms with Gasteiger partial charge in [-0.3, -0.25) is 14.4 Å². The van der Waals surface area contributed by atoms with Crippen LogP contribution < -0.4 is 16.6 Å². The quantitative estimate of drug-likeness (QED) is 0.465. The van der Waals surface area contributed by atoms with Gasteiger partial charge >= 0.3 is 0 Å². The first-order chi connectivity index (χ1) is 19.2. The smallest absolute Gasteiger partial charge is 0.282 e. The van der Waals surface area contributed by atoms with Crippen LogP contribution in [0.3, 0.4) is 0 Å². The summed E-state index contributed by atoms with van der Waals surface area (Å²) in [7, 11) is 0. The lowest BCUT2D eigenvalue weighted by Gasteiger charge is -2.39. The first kappa shape index (κ1) is 25.8. The van der Waals surface area contributed by atoms with E-state index in [1.54, 1.807) is 29.0 Å². The summed E-state index contributed by atoms with van der Waals surface area (Å²) in [6.45, 7) is -1.20. The first-order valence-corrected chi connectivity index (χ1v) is 13.2. The standard InChI is InChI=1S/C29H26F2N6O3/c30-29(31)14-36(15-29)27(39)22-7-16(11-32)1-6-21(22)19-9-24(18-2-3-18)34-25(10-19)35-26(38)23-8-17(12-33)13-37(28(23)40)20-4-5-20/h1,6-10,13,18,20H,2-5,12,14-15,33H2,(H,34,35,38). The predicted molar refractivity (Wildman–Crippen MR) is 142 cm³/mol. The molecule has 1 saturated heterocycles. The highest BCUT2D eigenvalue weighted by molar-refractivity contribution is 6.05. The SMILES string of the molecule is N#Cc1ccc(-c2cc(NC(=O)c3cc(CN)cn(C4CC4)c3=O)nc(C3CC3)c2)c(C(=O)N2CC(F)(F)C2)c1. The van der Waals surface area contributed by atoms with E-state index in [1.807, 2.05) is 12.1 Å². The summed E-state index contributed by atoms with van der Waals surface area (Å²) in [5.41, 5.74) is 8.04. The van der Waals surface area contributed by atoms with Crippen LogP contribution >= 0.6 is 0 Å². The molecule has 3 aliphatic rings. The van der Waals surface area contributed by atoms with Gasteiger partial charge in [0.1, 0.15) is 11.4 Å². The van der Waals surface area contributed by atoms with Crippen molar-refractivity contribution in [2.24, 2.45) is 5.73 Å². The van der Waals surface area contributed by atoms with Crippen LogP contribution in [-0.2, 0) is 6.54 Å². The monoisotopic (exact) mass is 544 g/mol. The summed E-state index contributed by atoms with van der Waals surface area (Å²) >= 11 is 0. The number of benzene rings is 1. The number of amides is 2. The maximum absolute atomic E-state index is 13.5. The number of nitrogens with two attached hydrogens (primary N) is 1. The number of nitrogens with one attached hydrogen (secondary N) is 1. The van der Waals surface area contributed by atoms with Crippen LogP contribution in [0.2, 0.25) is 0 Å². The van der Waals surface area contributed by atoms with Crippen LogP contribution in [-0.4, -0.2) is 45.3 Å². The normalized spacial score (nSPS) is 17.6. The van der Waals surface area contributed by atoms with Crippen LogP contribution in [0.1, 0.15) is 75.2 Å². The highest BCUT2D eigenvalue weighted by Gasteiger charge is 2.46. The van der Waals surface area contributed by atoms with Gasteiger partial charge in [0.2, 0.25) is 0 Å². The van der Waals surface area contributed by atoms with E-state index >= 15 is 0 Å². The van der Waals surface area contributed by atoms with Crippen molar-refractivity contribution >= 4 is 17.6 Å². The summed E-state index contributed by atoms with van der Waals surface area (Å²) in [4.78, 5) is 45.2. The average Bonchev–Trinajstić information content (AvgIpc) is 3.84. The Labute approximate surface area is 228 Å². The molecule has 3 fully saturated rings. The predicted octanol–water partition coefficient (Wildman–Crippen LogP) is 3.80. The molecule has 2 aliphatic carbocycles.